The molecule has 26 heavy (non-hydrogen) atoms. The summed E-state index contributed by atoms with van der Waals surface area (Å²) in [6.45, 7) is 0.154. The second-order valence-corrected chi connectivity index (χ2v) is 8.40. The number of rotatable bonds is 7. The van der Waals surface area contributed by atoms with E-state index in [-0.39, 0.29) is 41.6 Å². The van der Waals surface area contributed by atoms with Crippen LogP contribution in [0.15, 0.2) is 27.8 Å². The van der Waals surface area contributed by atoms with Crippen molar-refractivity contribution >= 4 is 15.6 Å². The van der Waals surface area contributed by atoms with Crippen molar-refractivity contribution < 1.29 is 23.2 Å². The second kappa shape index (κ2) is 7.38. The van der Waals surface area contributed by atoms with Gasteiger partial charge in [0, 0.05) is 21.7 Å². The molecule has 0 amide bonds. The zero-order chi connectivity index (χ0) is 18.7. The number of ether oxygens (including phenoxy) is 1. The van der Waals surface area contributed by atoms with Crippen molar-refractivity contribution in [2.45, 2.75) is 18.9 Å². The summed E-state index contributed by atoms with van der Waals surface area (Å²) in [6.07, 6.45) is 2.35. The number of aliphatic imine (C=N–C) groups is 1. The first-order valence-electron chi connectivity index (χ1n) is 7.81. The molecule has 0 saturated carbocycles. The lowest BCUT2D eigenvalue weighted by Crippen LogP contribution is -2.26. The van der Waals surface area contributed by atoms with E-state index in [9.17, 15) is 13.8 Å². The lowest BCUT2D eigenvalue weighted by atomic mass is 9.83. The van der Waals surface area contributed by atoms with Crippen LogP contribution in [0.1, 0.15) is 29.3 Å². The number of hydrogen-bond donors (Lipinski definition) is 3. The minimum atomic E-state index is -2.59. The first-order valence-corrected chi connectivity index (χ1v) is 9.94. The topological polar surface area (TPSA) is 134 Å². The second-order valence-electron chi connectivity index (χ2n) is 5.98. The van der Waals surface area contributed by atoms with Crippen molar-refractivity contribution in [1.29, 1.82) is 4.78 Å². The minimum absolute atomic E-state index is 0.0108. The fourth-order valence-electron chi connectivity index (χ4n) is 2.59. The van der Waals surface area contributed by atoms with E-state index in [2.05, 4.69) is 19.9 Å². The molecule has 0 bridgehead atoms. The molecule has 0 saturated heterocycles. The van der Waals surface area contributed by atoms with Gasteiger partial charge in [0.05, 0.1) is 12.6 Å². The fraction of sp³-hybridized carbons (Fsp3) is 0.400. The van der Waals surface area contributed by atoms with Crippen LogP contribution < -0.4 is 10.2 Å². The summed E-state index contributed by atoms with van der Waals surface area (Å²) in [5, 5.41) is 16.7. The van der Waals surface area contributed by atoms with Gasteiger partial charge in [-0.25, -0.2) is 9.02 Å². The summed E-state index contributed by atoms with van der Waals surface area (Å²) >= 11 is 0. The number of benzene rings is 1. The van der Waals surface area contributed by atoms with Gasteiger partial charge in [0.25, 0.3) is 5.88 Å². The Kier molecular flexibility index (Phi) is 5.18. The molecule has 1 aromatic heterocycles. The summed E-state index contributed by atoms with van der Waals surface area (Å²) in [7, 11) is -2.59. The van der Waals surface area contributed by atoms with Gasteiger partial charge >= 0.3 is 0 Å². The number of halogens is 1. The van der Waals surface area contributed by atoms with Gasteiger partial charge in [0.15, 0.2) is 5.84 Å². The number of amidine groups is 1. The predicted octanol–water partition coefficient (Wildman–Crippen LogP) is 1.68. The van der Waals surface area contributed by atoms with Crippen LogP contribution >= 0.6 is 0 Å². The lowest BCUT2D eigenvalue weighted by molar-refractivity contribution is 0.232. The molecule has 140 valence electrons. The standard InChI is InChI=1S/C15H18FN5O4S/c1-26(17,23)6-2-5-24-15-13(20-25-21-15)14(19-22)18-12-7-9-3-4-10(16)8-11(9)12/h3-4,8,12,17,22H,2,5-7H2,1H3,(H,18,19)/t12?,26-/m0/s1. The Hall–Kier alpha value is -2.53. The molecule has 3 rings (SSSR count). The van der Waals surface area contributed by atoms with Crippen LogP contribution in [0.25, 0.3) is 0 Å². The van der Waals surface area contributed by atoms with Crippen LogP contribution in [-0.2, 0) is 16.1 Å². The summed E-state index contributed by atoms with van der Waals surface area (Å²) in [4.78, 5) is 4.32. The van der Waals surface area contributed by atoms with E-state index in [1.54, 1.807) is 6.07 Å². The third-order valence-corrected chi connectivity index (χ3v) is 4.94. The molecule has 2 aromatic rings. The van der Waals surface area contributed by atoms with Gasteiger partial charge in [-0.2, -0.15) is 0 Å². The van der Waals surface area contributed by atoms with Gasteiger partial charge in [-0.1, -0.05) is 6.07 Å². The van der Waals surface area contributed by atoms with Gasteiger partial charge in [-0.15, -0.1) is 0 Å². The van der Waals surface area contributed by atoms with E-state index in [0.29, 0.717) is 12.8 Å². The van der Waals surface area contributed by atoms with E-state index in [0.717, 1.165) is 11.1 Å². The van der Waals surface area contributed by atoms with Crippen molar-refractivity contribution in [2.24, 2.45) is 4.99 Å². The number of fused-ring (bicyclic) bond motifs is 1. The molecule has 11 heteroatoms. The molecule has 1 heterocycles. The van der Waals surface area contributed by atoms with E-state index < -0.39 is 9.73 Å². The van der Waals surface area contributed by atoms with E-state index >= 15 is 0 Å². The predicted molar refractivity (Wildman–Crippen MR) is 90.4 cm³/mol. The highest BCUT2D eigenvalue weighted by molar-refractivity contribution is 7.91. The highest BCUT2D eigenvalue weighted by Gasteiger charge is 2.28. The highest BCUT2D eigenvalue weighted by atomic mass is 32.2. The Balaban J connectivity index is 1.71. The summed E-state index contributed by atoms with van der Waals surface area (Å²) in [6, 6.07) is 4.17. The van der Waals surface area contributed by atoms with Crippen LogP contribution in [0.2, 0.25) is 0 Å². The molecular weight excluding hydrogens is 365 g/mol. The number of nitrogens with one attached hydrogen (secondary N) is 2. The Morgan fingerprint density at radius 1 is 1.58 bits per heavy atom. The molecule has 0 spiro atoms. The highest BCUT2D eigenvalue weighted by Crippen LogP contribution is 2.37. The quantitative estimate of drug-likeness (QED) is 0.287. The molecule has 1 aromatic carbocycles. The first kappa shape index (κ1) is 18.3. The lowest BCUT2D eigenvalue weighted by Gasteiger charge is -2.27. The molecule has 1 unspecified atom stereocenters. The van der Waals surface area contributed by atoms with E-state index in [1.807, 2.05) is 5.48 Å². The van der Waals surface area contributed by atoms with Crippen LogP contribution in [0.3, 0.4) is 0 Å². The van der Waals surface area contributed by atoms with Crippen LogP contribution in [-0.4, -0.2) is 44.2 Å². The Bertz CT molecular complexity index is 928. The SMILES string of the molecule is C[S@](=N)(=O)CCCOc1nonc1C(=NC1Cc2ccc(F)cc21)NO. The van der Waals surface area contributed by atoms with Gasteiger partial charge in [-0.3, -0.25) is 24.7 Å². The molecule has 9 nitrogen and oxygen atoms in total. The molecule has 0 radical (unpaired) electrons. The zero-order valence-corrected chi connectivity index (χ0v) is 14.8. The van der Waals surface area contributed by atoms with Crippen molar-refractivity contribution in [3.63, 3.8) is 0 Å². The van der Waals surface area contributed by atoms with Crippen LogP contribution in [0.5, 0.6) is 5.88 Å². The molecule has 2 atom stereocenters. The van der Waals surface area contributed by atoms with Crippen molar-refractivity contribution in [3.05, 3.63) is 40.8 Å². The molecule has 0 fully saturated rings. The summed E-state index contributed by atoms with van der Waals surface area (Å²) in [5.41, 5.74) is 3.74. The maximum atomic E-state index is 13.4. The van der Waals surface area contributed by atoms with Crippen LogP contribution in [0, 0.1) is 10.6 Å². The Labute approximate surface area is 149 Å². The van der Waals surface area contributed by atoms with Gasteiger partial charge in [-0.05, 0) is 46.4 Å². The largest absolute Gasteiger partial charge is 0.474 e. The summed E-state index contributed by atoms with van der Waals surface area (Å²) < 4.78 is 42.1. The van der Waals surface area contributed by atoms with Crippen molar-refractivity contribution in [2.75, 3.05) is 18.6 Å². The molecule has 1 aliphatic carbocycles. The summed E-state index contributed by atoms with van der Waals surface area (Å²) in [5.74, 6) is -0.161. The average Bonchev–Trinajstić information content (AvgIpc) is 3.02. The van der Waals surface area contributed by atoms with E-state index in [1.165, 1.54) is 18.4 Å². The van der Waals surface area contributed by atoms with Gasteiger partial charge in [0.2, 0.25) is 5.69 Å². The van der Waals surface area contributed by atoms with E-state index in [4.69, 9.17) is 9.52 Å². The molecule has 0 aliphatic heterocycles. The Morgan fingerprint density at radius 3 is 3.12 bits per heavy atom. The maximum Gasteiger partial charge on any atom is 0.287 e. The number of nitrogens with zero attached hydrogens (tertiary/aromatic N) is 3. The monoisotopic (exact) mass is 383 g/mol. The third-order valence-electron chi connectivity index (χ3n) is 3.87. The first-order chi connectivity index (χ1) is 12.4. The number of aromatic nitrogens is 2. The third kappa shape index (κ3) is 4.17. The normalized spacial score (nSPS) is 18.6. The van der Waals surface area contributed by atoms with Crippen molar-refractivity contribution in [1.82, 2.24) is 15.8 Å². The van der Waals surface area contributed by atoms with Crippen molar-refractivity contribution in [3.8, 4) is 5.88 Å². The van der Waals surface area contributed by atoms with Crippen LogP contribution in [0.4, 0.5) is 4.39 Å². The molecular formula is C15H18FN5O4S. The smallest absolute Gasteiger partial charge is 0.287 e. The fourth-order valence-corrected chi connectivity index (χ4v) is 3.25. The van der Waals surface area contributed by atoms with Gasteiger partial charge < -0.3 is 4.74 Å². The average molecular weight is 383 g/mol. The molecule has 3 N–H and O–H groups in total. The number of hydroxylamine groups is 1. The molecule has 1 aliphatic rings. The number of hydrogen-bond acceptors (Lipinski definition) is 8. The maximum absolute atomic E-state index is 13.4. The van der Waals surface area contributed by atoms with Gasteiger partial charge in [0.1, 0.15) is 5.82 Å². The zero-order valence-electron chi connectivity index (χ0n) is 13.9. The minimum Gasteiger partial charge on any atom is -0.474 e. The Morgan fingerprint density at radius 2 is 2.38 bits per heavy atom.